The van der Waals surface area contributed by atoms with Crippen LogP contribution in [-0.4, -0.2) is 67.6 Å². The van der Waals surface area contributed by atoms with E-state index in [0.717, 1.165) is 59.8 Å². The minimum atomic E-state index is -0.00837. The Kier molecular flexibility index (Phi) is 10.7. The Morgan fingerprint density at radius 1 is 0.911 bits per heavy atom. The molecule has 7 nitrogen and oxygen atoms in total. The number of amides is 1. The first-order valence-corrected chi connectivity index (χ1v) is 16.7. The number of nitrogens with zero attached hydrogens (tertiary/aromatic N) is 4. The van der Waals surface area contributed by atoms with Crippen LogP contribution in [0, 0.1) is 0 Å². The summed E-state index contributed by atoms with van der Waals surface area (Å²) >= 11 is 7.96. The lowest BCUT2D eigenvalue weighted by molar-refractivity contribution is 0.0741. The lowest BCUT2D eigenvalue weighted by atomic mass is 9.87. The van der Waals surface area contributed by atoms with Crippen LogP contribution in [0.2, 0.25) is 5.02 Å². The molecule has 0 bridgehead atoms. The zero-order chi connectivity index (χ0) is 32.0. The molecule has 1 fully saturated rings. The molecule has 5 rings (SSSR count). The molecule has 4 aromatic rings. The van der Waals surface area contributed by atoms with Crippen LogP contribution in [0.25, 0.3) is 0 Å². The Morgan fingerprint density at radius 3 is 2.27 bits per heavy atom. The van der Waals surface area contributed by atoms with Gasteiger partial charge in [0.05, 0.1) is 31.5 Å². The third kappa shape index (κ3) is 8.37. The van der Waals surface area contributed by atoms with Crippen molar-refractivity contribution in [3.63, 3.8) is 0 Å². The molecule has 0 spiro atoms. The van der Waals surface area contributed by atoms with Gasteiger partial charge >= 0.3 is 0 Å². The molecule has 238 valence electrons. The lowest BCUT2D eigenvalue weighted by Gasteiger charge is -2.36. The van der Waals surface area contributed by atoms with Crippen molar-refractivity contribution in [2.24, 2.45) is 0 Å². The lowest BCUT2D eigenvalue weighted by Crippen LogP contribution is -2.49. The number of halogens is 1. The fourth-order valence-corrected chi connectivity index (χ4v) is 6.66. The number of rotatable bonds is 11. The van der Waals surface area contributed by atoms with Crippen LogP contribution in [0.15, 0.2) is 72.1 Å². The van der Waals surface area contributed by atoms with Gasteiger partial charge in [-0.25, -0.2) is 4.98 Å². The number of hydrogen-bond acceptors (Lipinski definition) is 7. The maximum Gasteiger partial charge on any atom is 0.273 e. The van der Waals surface area contributed by atoms with Crippen LogP contribution < -0.4 is 14.4 Å². The van der Waals surface area contributed by atoms with Crippen molar-refractivity contribution in [2.45, 2.75) is 45.7 Å². The Hall–Kier alpha value is -3.59. The van der Waals surface area contributed by atoms with E-state index in [1.165, 1.54) is 16.7 Å². The summed E-state index contributed by atoms with van der Waals surface area (Å²) in [6.07, 6.45) is 0.841. The quantitative estimate of drug-likeness (QED) is 0.170. The summed E-state index contributed by atoms with van der Waals surface area (Å²) in [5.74, 6) is 1.45. The van der Waals surface area contributed by atoms with E-state index in [1.54, 1.807) is 25.6 Å². The number of ether oxygens (including phenoxy) is 2. The molecule has 1 aliphatic heterocycles. The molecule has 45 heavy (non-hydrogen) atoms. The van der Waals surface area contributed by atoms with Gasteiger partial charge in [0.2, 0.25) is 0 Å². The Balaban J connectivity index is 1.26. The number of methoxy groups -OCH3 is 2. The third-order valence-electron chi connectivity index (χ3n) is 8.28. The fraction of sp³-hybridized carbons (Fsp3) is 0.389. The van der Waals surface area contributed by atoms with Gasteiger partial charge in [0.1, 0.15) is 10.7 Å². The summed E-state index contributed by atoms with van der Waals surface area (Å²) in [7, 11) is 3.31. The van der Waals surface area contributed by atoms with Crippen LogP contribution in [-0.2, 0) is 24.9 Å². The van der Waals surface area contributed by atoms with E-state index >= 15 is 0 Å². The second-order valence-electron chi connectivity index (χ2n) is 12.5. The van der Waals surface area contributed by atoms with Gasteiger partial charge in [-0.2, -0.15) is 0 Å². The van der Waals surface area contributed by atoms with Crippen LogP contribution in [0.1, 0.15) is 53.0 Å². The maximum atomic E-state index is 13.4. The number of para-hydroxylation sites is 1. The maximum absolute atomic E-state index is 13.4. The second-order valence-corrected chi connectivity index (χ2v) is 13.8. The standard InChI is InChI=1S/C36H43ClN4O3S/c1-36(2,3)28-13-10-27(11-14-28)23-39(17-16-26-12-15-32(43-4)33(22-26)44-5)24-34-38-30(25-45-34)35(42)41-20-18-40(19-21-41)31-9-7-6-8-29(31)37/h6-15,22,25H,16-21,23-24H2,1-5H3. The Morgan fingerprint density at radius 2 is 1.60 bits per heavy atom. The molecule has 1 aliphatic rings. The van der Waals surface area contributed by atoms with E-state index in [-0.39, 0.29) is 11.3 Å². The summed E-state index contributed by atoms with van der Waals surface area (Å²) in [6, 6.07) is 22.9. The molecular weight excluding hydrogens is 604 g/mol. The Labute approximate surface area is 276 Å². The van der Waals surface area contributed by atoms with Crippen molar-refractivity contribution in [3.8, 4) is 11.5 Å². The largest absolute Gasteiger partial charge is 0.493 e. The van der Waals surface area contributed by atoms with Gasteiger partial charge < -0.3 is 19.3 Å². The molecule has 2 heterocycles. The van der Waals surface area contributed by atoms with Crippen molar-refractivity contribution >= 4 is 34.5 Å². The monoisotopic (exact) mass is 646 g/mol. The van der Waals surface area contributed by atoms with Crippen molar-refractivity contribution in [1.29, 1.82) is 0 Å². The summed E-state index contributed by atoms with van der Waals surface area (Å²) in [4.78, 5) is 24.8. The highest BCUT2D eigenvalue weighted by Gasteiger charge is 2.25. The summed E-state index contributed by atoms with van der Waals surface area (Å²) in [5, 5.41) is 3.58. The molecule has 3 aromatic carbocycles. The zero-order valence-electron chi connectivity index (χ0n) is 26.9. The number of anilines is 1. The number of benzene rings is 3. The van der Waals surface area contributed by atoms with Crippen molar-refractivity contribution < 1.29 is 14.3 Å². The van der Waals surface area contributed by atoms with Crippen LogP contribution >= 0.6 is 22.9 Å². The minimum Gasteiger partial charge on any atom is -0.493 e. The smallest absolute Gasteiger partial charge is 0.273 e. The summed E-state index contributed by atoms with van der Waals surface area (Å²) < 4.78 is 11.0. The Bertz CT molecular complexity index is 1580. The molecular formula is C36H43ClN4O3S. The minimum absolute atomic E-state index is 0.00837. The second kappa shape index (κ2) is 14.7. The predicted octanol–water partition coefficient (Wildman–Crippen LogP) is 7.32. The number of aromatic nitrogens is 1. The number of carbonyl (C=O) groups excluding carboxylic acids is 1. The molecule has 0 unspecified atom stereocenters. The first kappa shape index (κ1) is 32.8. The molecule has 0 radical (unpaired) electrons. The van der Waals surface area contributed by atoms with Crippen LogP contribution in [0.4, 0.5) is 5.69 Å². The van der Waals surface area contributed by atoms with Crippen molar-refractivity contribution in [2.75, 3.05) is 51.8 Å². The van der Waals surface area contributed by atoms with Crippen LogP contribution in [0.3, 0.4) is 0 Å². The SMILES string of the molecule is COc1ccc(CCN(Cc2ccc(C(C)(C)C)cc2)Cc2nc(C(=O)N3CCN(c4ccccc4Cl)CC3)cs2)cc1OC. The molecule has 9 heteroatoms. The summed E-state index contributed by atoms with van der Waals surface area (Å²) in [5.41, 5.74) is 5.39. The topological polar surface area (TPSA) is 58.1 Å². The van der Waals surface area contributed by atoms with Gasteiger partial charge in [0, 0.05) is 44.6 Å². The normalized spacial score (nSPS) is 13.8. The van der Waals surface area contributed by atoms with Gasteiger partial charge in [-0.3, -0.25) is 9.69 Å². The first-order valence-electron chi connectivity index (χ1n) is 15.4. The number of thiazole rings is 1. The van der Waals surface area contributed by atoms with Crippen molar-refractivity contribution in [1.82, 2.24) is 14.8 Å². The molecule has 1 saturated heterocycles. The van der Waals surface area contributed by atoms with E-state index in [4.69, 9.17) is 26.1 Å². The van der Waals surface area contributed by atoms with E-state index in [9.17, 15) is 4.79 Å². The highest BCUT2D eigenvalue weighted by molar-refractivity contribution is 7.09. The predicted molar refractivity (Wildman–Crippen MR) is 184 cm³/mol. The van der Waals surface area contributed by atoms with Gasteiger partial charge in [0.15, 0.2) is 11.5 Å². The van der Waals surface area contributed by atoms with Crippen molar-refractivity contribution in [3.05, 3.63) is 105 Å². The van der Waals surface area contributed by atoms with E-state index in [1.807, 2.05) is 46.7 Å². The molecule has 0 N–H and O–H groups in total. The summed E-state index contributed by atoms with van der Waals surface area (Å²) in [6.45, 7) is 11.7. The average molecular weight is 647 g/mol. The molecule has 1 aromatic heterocycles. The fourth-order valence-electron chi connectivity index (χ4n) is 5.60. The number of carbonyl (C=O) groups is 1. The van der Waals surface area contributed by atoms with Crippen LogP contribution in [0.5, 0.6) is 11.5 Å². The first-order chi connectivity index (χ1) is 21.6. The molecule has 1 amide bonds. The van der Waals surface area contributed by atoms with E-state index < -0.39 is 0 Å². The highest BCUT2D eigenvalue weighted by atomic mass is 35.5. The molecule has 0 aliphatic carbocycles. The molecule has 0 atom stereocenters. The van der Waals surface area contributed by atoms with E-state index in [2.05, 4.69) is 60.9 Å². The van der Waals surface area contributed by atoms with Gasteiger partial charge in [-0.15, -0.1) is 11.3 Å². The van der Waals surface area contributed by atoms with Gasteiger partial charge in [0.25, 0.3) is 5.91 Å². The third-order valence-corrected chi connectivity index (χ3v) is 9.43. The molecule has 0 saturated carbocycles. The number of piperazine rings is 1. The zero-order valence-corrected chi connectivity index (χ0v) is 28.5. The van der Waals surface area contributed by atoms with E-state index in [0.29, 0.717) is 25.3 Å². The van der Waals surface area contributed by atoms with Gasteiger partial charge in [-0.1, -0.05) is 74.8 Å². The average Bonchev–Trinajstić information content (AvgIpc) is 3.51. The highest BCUT2D eigenvalue weighted by Crippen LogP contribution is 2.29. The number of hydrogen-bond donors (Lipinski definition) is 0. The van der Waals surface area contributed by atoms with Gasteiger partial charge in [-0.05, 0) is 52.8 Å².